The summed E-state index contributed by atoms with van der Waals surface area (Å²) in [6, 6.07) is 5.91. The Morgan fingerprint density at radius 1 is 1.53 bits per heavy atom. The Morgan fingerprint density at radius 3 is 3.11 bits per heavy atom. The fraction of sp³-hybridized carbons (Fsp3) is 0.500. The normalized spacial score (nSPS) is 16.6. The van der Waals surface area contributed by atoms with E-state index in [0.29, 0.717) is 18.9 Å². The van der Waals surface area contributed by atoms with Crippen molar-refractivity contribution in [3.63, 3.8) is 0 Å². The molecule has 1 aliphatic rings. The van der Waals surface area contributed by atoms with E-state index in [-0.39, 0.29) is 18.6 Å². The van der Waals surface area contributed by atoms with Crippen LogP contribution in [0.3, 0.4) is 0 Å². The number of amides is 1. The molecule has 0 saturated heterocycles. The molecule has 0 saturated carbocycles. The molecule has 19 heavy (non-hydrogen) atoms. The zero-order valence-electron chi connectivity index (χ0n) is 11.4. The minimum Gasteiger partial charge on any atom is -0.491 e. The number of carbonyl (C=O) groups is 1. The van der Waals surface area contributed by atoms with Gasteiger partial charge in [0, 0.05) is 18.2 Å². The Morgan fingerprint density at radius 2 is 2.37 bits per heavy atom. The highest BCUT2D eigenvalue weighted by Gasteiger charge is 2.22. The predicted octanol–water partition coefficient (Wildman–Crippen LogP) is 1.24. The summed E-state index contributed by atoms with van der Waals surface area (Å²) in [6.07, 6.45) is 0.920. The van der Waals surface area contributed by atoms with Crippen molar-refractivity contribution in [1.29, 1.82) is 0 Å². The summed E-state index contributed by atoms with van der Waals surface area (Å²) in [6.45, 7) is 3.36. The Bertz CT molecular complexity index is 448. The Hall–Kier alpha value is -1.75. The maximum absolute atomic E-state index is 11.4. The maximum atomic E-state index is 11.4. The van der Waals surface area contributed by atoms with Gasteiger partial charge in [-0.1, -0.05) is 6.92 Å². The molecule has 0 bridgehead atoms. The van der Waals surface area contributed by atoms with Gasteiger partial charge in [-0.25, -0.2) is 0 Å². The predicted molar refractivity (Wildman–Crippen MR) is 72.5 cm³/mol. The lowest BCUT2D eigenvalue weighted by molar-refractivity contribution is -0.123. The molecule has 5 nitrogen and oxygen atoms in total. The van der Waals surface area contributed by atoms with E-state index >= 15 is 0 Å². The van der Waals surface area contributed by atoms with Crippen LogP contribution in [0.5, 0.6) is 11.5 Å². The number of carbonyl (C=O) groups excluding carboxylic acids is 1. The molecule has 1 atom stereocenters. The van der Waals surface area contributed by atoms with Gasteiger partial charge in [0.2, 0.25) is 0 Å². The molecule has 0 fully saturated rings. The summed E-state index contributed by atoms with van der Waals surface area (Å²) in [4.78, 5) is 11.4. The number of rotatable bonds is 6. The van der Waals surface area contributed by atoms with Crippen LogP contribution in [0.25, 0.3) is 0 Å². The molecule has 0 aliphatic carbocycles. The molecule has 1 amide bonds. The van der Waals surface area contributed by atoms with Crippen LogP contribution in [-0.4, -0.2) is 32.7 Å². The molecule has 104 valence electrons. The van der Waals surface area contributed by atoms with Crippen molar-refractivity contribution in [3.05, 3.63) is 23.8 Å². The first kappa shape index (κ1) is 13.7. The van der Waals surface area contributed by atoms with Crippen molar-refractivity contribution in [2.45, 2.75) is 19.4 Å². The average molecular weight is 264 g/mol. The van der Waals surface area contributed by atoms with Crippen LogP contribution in [0.4, 0.5) is 0 Å². The van der Waals surface area contributed by atoms with Crippen LogP contribution in [-0.2, 0) is 4.79 Å². The van der Waals surface area contributed by atoms with Gasteiger partial charge in [-0.3, -0.25) is 4.79 Å². The van der Waals surface area contributed by atoms with Gasteiger partial charge in [-0.2, -0.15) is 0 Å². The maximum Gasteiger partial charge on any atom is 0.257 e. The van der Waals surface area contributed by atoms with Crippen molar-refractivity contribution < 1.29 is 14.3 Å². The Labute approximate surface area is 113 Å². The molecule has 1 aromatic rings. The van der Waals surface area contributed by atoms with E-state index in [1.54, 1.807) is 0 Å². The molecule has 0 aromatic heterocycles. The van der Waals surface area contributed by atoms with Crippen LogP contribution in [0.2, 0.25) is 0 Å². The lowest BCUT2D eigenvalue weighted by atomic mass is 10.1. The van der Waals surface area contributed by atoms with Gasteiger partial charge < -0.3 is 20.1 Å². The molecule has 5 heteroatoms. The largest absolute Gasteiger partial charge is 0.491 e. The van der Waals surface area contributed by atoms with Crippen molar-refractivity contribution in [3.8, 4) is 11.5 Å². The zero-order valence-corrected chi connectivity index (χ0v) is 11.4. The van der Waals surface area contributed by atoms with E-state index in [0.717, 1.165) is 17.7 Å². The SMILES string of the molecule is CCCNC(=O)COc1ccc2c(c1)OCC2NC. The smallest absolute Gasteiger partial charge is 0.257 e. The molecule has 0 radical (unpaired) electrons. The van der Waals surface area contributed by atoms with Gasteiger partial charge in [-0.05, 0) is 25.6 Å². The van der Waals surface area contributed by atoms with E-state index < -0.39 is 0 Å². The number of hydrogen-bond donors (Lipinski definition) is 2. The van der Waals surface area contributed by atoms with Crippen LogP contribution in [0.1, 0.15) is 24.9 Å². The number of hydrogen-bond acceptors (Lipinski definition) is 4. The molecule has 1 heterocycles. The summed E-state index contributed by atoms with van der Waals surface area (Å²) in [7, 11) is 1.91. The highest BCUT2D eigenvalue weighted by molar-refractivity contribution is 5.77. The van der Waals surface area contributed by atoms with Crippen molar-refractivity contribution in [2.75, 3.05) is 26.8 Å². The summed E-state index contributed by atoms with van der Waals surface area (Å²) in [5, 5.41) is 5.95. The number of nitrogens with one attached hydrogen (secondary N) is 2. The van der Waals surface area contributed by atoms with Gasteiger partial charge >= 0.3 is 0 Å². The van der Waals surface area contributed by atoms with Gasteiger partial charge in [-0.15, -0.1) is 0 Å². The third-order valence-electron chi connectivity index (χ3n) is 3.06. The van der Waals surface area contributed by atoms with Gasteiger partial charge in [0.05, 0.1) is 6.04 Å². The molecule has 2 rings (SSSR count). The lowest BCUT2D eigenvalue weighted by Crippen LogP contribution is -2.29. The summed E-state index contributed by atoms with van der Waals surface area (Å²) in [5.41, 5.74) is 1.13. The first-order chi connectivity index (χ1) is 9.24. The number of likely N-dealkylation sites (N-methyl/N-ethyl adjacent to an activating group) is 1. The molecule has 1 aromatic carbocycles. The number of ether oxygens (including phenoxy) is 2. The van der Waals surface area contributed by atoms with E-state index in [9.17, 15) is 4.79 Å². The lowest BCUT2D eigenvalue weighted by Gasteiger charge is -2.09. The summed E-state index contributed by atoms with van der Waals surface area (Å²) in [5.74, 6) is 1.38. The second kappa shape index (κ2) is 6.43. The standard InChI is InChI=1S/C14H20N2O3/c1-3-6-16-14(17)9-18-10-4-5-11-12(15-2)8-19-13(11)7-10/h4-5,7,12,15H,3,6,8-9H2,1-2H3,(H,16,17). The average Bonchev–Trinajstić information content (AvgIpc) is 2.85. The van der Waals surface area contributed by atoms with Crippen LogP contribution >= 0.6 is 0 Å². The second-order valence-corrected chi connectivity index (χ2v) is 4.49. The minimum atomic E-state index is -0.101. The molecule has 2 N–H and O–H groups in total. The number of fused-ring (bicyclic) bond motifs is 1. The summed E-state index contributed by atoms with van der Waals surface area (Å²) < 4.78 is 11.0. The molecule has 1 unspecified atom stereocenters. The van der Waals surface area contributed by atoms with Crippen molar-refractivity contribution >= 4 is 5.91 Å². The summed E-state index contributed by atoms with van der Waals surface area (Å²) >= 11 is 0. The first-order valence-electron chi connectivity index (χ1n) is 6.58. The van der Waals surface area contributed by atoms with Crippen molar-refractivity contribution in [1.82, 2.24) is 10.6 Å². The van der Waals surface area contributed by atoms with E-state index in [1.807, 2.05) is 32.2 Å². The van der Waals surface area contributed by atoms with Gasteiger partial charge in [0.1, 0.15) is 18.1 Å². The highest BCUT2D eigenvalue weighted by atomic mass is 16.5. The van der Waals surface area contributed by atoms with Crippen LogP contribution < -0.4 is 20.1 Å². The topological polar surface area (TPSA) is 59.6 Å². The van der Waals surface area contributed by atoms with E-state index in [2.05, 4.69) is 10.6 Å². The van der Waals surface area contributed by atoms with Crippen molar-refractivity contribution in [2.24, 2.45) is 0 Å². The quantitative estimate of drug-likeness (QED) is 0.811. The fourth-order valence-electron chi connectivity index (χ4n) is 1.98. The zero-order chi connectivity index (χ0) is 13.7. The monoisotopic (exact) mass is 264 g/mol. The van der Waals surface area contributed by atoms with Crippen LogP contribution in [0, 0.1) is 0 Å². The fourth-order valence-corrected chi connectivity index (χ4v) is 1.98. The molecular formula is C14H20N2O3. The van der Waals surface area contributed by atoms with Gasteiger partial charge in [0.15, 0.2) is 6.61 Å². The first-order valence-corrected chi connectivity index (χ1v) is 6.58. The molecular weight excluding hydrogens is 244 g/mol. The molecule has 1 aliphatic heterocycles. The third kappa shape index (κ3) is 3.38. The Kier molecular flexibility index (Phi) is 4.63. The van der Waals surface area contributed by atoms with E-state index in [4.69, 9.17) is 9.47 Å². The second-order valence-electron chi connectivity index (χ2n) is 4.49. The highest BCUT2D eigenvalue weighted by Crippen LogP contribution is 2.34. The minimum absolute atomic E-state index is 0.0360. The Balaban J connectivity index is 1.91. The van der Waals surface area contributed by atoms with Gasteiger partial charge in [0.25, 0.3) is 5.91 Å². The number of benzene rings is 1. The van der Waals surface area contributed by atoms with E-state index in [1.165, 1.54) is 0 Å². The molecule has 0 spiro atoms. The third-order valence-corrected chi connectivity index (χ3v) is 3.06. The van der Waals surface area contributed by atoms with Crippen LogP contribution in [0.15, 0.2) is 18.2 Å².